The molecule has 1 aliphatic heterocycles. The predicted molar refractivity (Wildman–Crippen MR) is 168 cm³/mol. The van der Waals surface area contributed by atoms with Crippen molar-refractivity contribution in [2.75, 3.05) is 44.3 Å². The van der Waals surface area contributed by atoms with E-state index in [4.69, 9.17) is 32.7 Å². The molecule has 234 valence electrons. The minimum atomic E-state index is -3.56. The maximum Gasteiger partial charge on any atom is 0.258 e. The molecule has 0 saturated heterocycles. The number of aliphatic hydroxyl groups is 1. The Bertz CT molecular complexity index is 1310. The summed E-state index contributed by atoms with van der Waals surface area (Å²) in [5.74, 6) is -0.0777. The Morgan fingerprint density at radius 2 is 1.88 bits per heavy atom. The Labute approximate surface area is 260 Å². The number of carbonyl (C=O) groups excluding carboxylic acids is 1. The first-order chi connectivity index (χ1) is 19.8. The summed E-state index contributed by atoms with van der Waals surface area (Å²) in [6.07, 6.45) is 3.17. The average molecular weight is 645 g/mol. The molecule has 0 bridgehead atoms. The van der Waals surface area contributed by atoms with Gasteiger partial charge < -0.3 is 19.5 Å². The van der Waals surface area contributed by atoms with E-state index < -0.39 is 16.1 Å². The highest BCUT2D eigenvalue weighted by molar-refractivity contribution is 7.92. The number of likely N-dealkylation sites (N-methyl/N-ethyl adjacent to an activating group) is 1. The van der Waals surface area contributed by atoms with Crippen LogP contribution in [0.15, 0.2) is 36.4 Å². The van der Waals surface area contributed by atoms with Crippen LogP contribution in [0.2, 0.25) is 10.0 Å². The van der Waals surface area contributed by atoms with Crippen LogP contribution in [0.1, 0.15) is 56.0 Å². The van der Waals surface area contributed by atoms with E-state index in [0.717, 1.165) is 31.1 Å². The van der Waals surface area contributed by atoms with Gasteiger partial charge in [-0.25, -0.2) is 8.42 Å². The van der Waals surface area contributed by atoms with Crippen LogP contribution in [0, 0.1) is 5.92 Å². The van der Waals surface area contributed by atoms with E-state index in [1.165, 1.54) is 6.07 Å². The molecular weight excluding hydrogens is 601 g/mol. The molecule has 0 aromatic heterocycles. The van der Waals surface area contributed by atoms with Crippen molar-refractivity contribution < 1.29 is 27.8 Å². The van der Waals surface area contributed by atoms with Gasteiger partial charge in [0.15, 0.2) is 0 Å². The van der Waals surface area contributed by atoms with Gasteiger partial charge in [-0.3, -0.25) is 14.4 Å². The van der Waals surface area contributed by atoms with Crippen LogP contribution in [0.3, 0.4) is 0 Å². The molecule has 0 unspecified atom stereocenters. The van der Waals surface area contributed by atoms with Gasteiger partial charge in [0.1, 0.15) is 5.75 Å². The molecule has 1 aliphatic rings. The Hall–Kier alpha value is -2.08. The molecule has 0 radical (unpaired) electrons. The van der Waals surface area contributed by atoms with Gasteiger partial charge in [-0.15, -0.1) is 0 Å². The number of benzene rings is 2. The SMILES string of the molecule is C[C@@H]1CCCCO[C@@H](CN(C)Cc2ccc(Cl)c(Cl)c2)[C@@H](C)CN([C@H](C)CO)C(=O)c2cc(NS(C)(=O)=O)ccc2O1. The maximum atomic E-state index is 14.1. The molecule has 9 nitrogen and oxygen atoms in total. The summed E-state index contributed by atoms with van der Waals surface area (Å²) >= 11 is 12.3. The molecule has 1 heterocycles. The highest BCUT2D eigenvalue weighted by atomic mass is 35.5. The third-order valence-corrected chi connectivity index (χ3v) is 8.63. The number of nitrogens with zero attached hydrogens (tertiary/aromatic N) is 2. The highest BCUT2D eigenvalue weighted by Crippen LogP contribution is 2.29. The van der Waals surface area contributed by atoms with Crippen LogP contribution in [0.4, 0.5) is 5.69 Å². The first-order valence-electron chi connectivity index (χ1n) is 14.2. The van der Waals surface area contributed by atoms with E-state index in [2.05, 4.69) is 9.62 Å². The summed E-state index contributed by atoms with van der Waals surface area (Å²) in [7, 11) is -1.55. The van der Waals surface area contributed by atoms with Gasteiger partial charge in [0.2, 0.25) is 10.0 Å². The fourth-order valence-electron chi connectivity index (χ4n) is 4.98. The normalized spacial score (nSPS) is 21.8. The molecule has 2 aromatic carbocycles. The maximum absolute atomic E-state index is 14.1. The first-order valence-corrected chi connectivity index (χ1v) is 16.9. The molecule has 0 spiro atoms. The van der Waals surface area contributed by atoms with Crippen molar-refractivity contribution >= 4 is 44.8 Å². The van der Waals surface area contributed by atoms with Crippen LogP contribution < -0.4 is 9.46 Å². The number of hydrogen-bond acceptors (Lipinski definition) is 7. The van der Waals surface area contributed by atoms with Gasteiger partial charge in [-0.2, -0.15) is 0 Å². The molecule has 2 aromatic rings. The van der Waals surface area contributed by atoms with E-state index in [1.807, 2.05) is 33.0 Å². The molecule has 4 atom stereocenters. The molecule has 2 N–H and O–H groups in total. The lowest BCUT2D eigenvalue weighted by molar-refractivity contribution is -0.0177. The smallest absolute Gasteiger partial charge is 0.258 e. The van der Waals surface area contributed by atoms with Crippen molar-refractivity contribution in [2.24, 2.45) is 5.92 Å². The number of amides is 1. The van der Waals surface area contributed by atoms with Crippen LogP contribution in [-0.2, 0) is 21.3 Å². The standard InChI is InChI=1S/C30H43Cl2N3O6S/c1-20-16-35(21(2)19-36)30(37)25-15-24(33-42(5,38)39)10-12-28(25)41-22(3)8-6-7-13-40-29(20)18-34(4)17-23-9-11-26(31)27(32)14-23/h9-12,14-15,20-22,29,33,36H,6-8,13,16-19H2,1-5H3/t20-,21+,22+,29-/m0/s1. The zero-order valence-electron chi connectivity index (χ0n) is 25.0. The second kappa shape index (κ2) is 15.6. The monoisotopic (exact) mass is 643 g/mol. The molecule has 42 heavy (non-hydrogen) atoms. The predicted octanol–water partition coefficient (Wildman–Crippen LogP) is 5.29. The summed E-state index contributed by atoms with van der Waals surface area (Å²) in [5.41, 5.74) is 1.52. The largest absolute Gasteiger partial charge is 0.490 e. The lowest BCUT2D eigenvalue weighted by Crippen LogP contribution is -2.47. The number of rotatable bonds is 8. The van der Waals surface area contributed by atoms with Crippen molar-refractivity contribution in [3.05, 3.63) is 57.6 Å². The Balaban J connectivity index is 1.92. The third kappa shape index (κ3) is 10.3. The van der Waals surface area contributed by atoms with Gasteiger partial charge >= 0.3 is 0 Å². The molecule has 0 fully saturated rings. The summed E-state index contributed by atoms with van der Waals surface area (Å²) in [6, 6.07) is 9.79. The minimum absolute atomic E-state index is 0.0947. The third-order valence-electron chi connectivity index (χ3n) is 7.28. The number of sulfonamides is 1. The van der Waals surface area contributed by atoms with E-state index in [0.29, 0.717) is 42.0 Å². The van der Waals surface area contributed by atoms with Crippen molar-refractivity contribution in [1.82, 2.24) is 9.80 Å². The van der Waals surface area contributed by atoms with E-state index >= 15 is 0 Å². The quantitative estimate of drug-likeness (QED) is 0.402. The van der Waals surface area contributed by atoms with Gasteiger partial charge in [0, 0.05) is 37.8 Å². The summed E-state index contributed by atoms with van der Waals surface area (Å²) < 4.78 is 38.9. The second-order valence-electron chi connectivity index (χ2n) is 11.3. The van der Waals surface area contributed by atoms with Crippen LogP contribution >= 0.6 is 23.2 Å². The number of nitrogens with one attached hydrogen (secondary N) is 1. The second-order valence-corrected chi connectivity index (χ2v) is 13.9. The fourth-order valence-corrected chi connectivity index (χ4v) is 5.86. The molecule has 0 saturated carbocycles. The van der Waals surface area contributed by atoms with Crippen molar-refractivity contribution in [3.63, 3.8) is 0 Å². The topological polar surface area (TPSA) is 108 Å². The van der Waals surface area contributed by atoms with Crippen molar-refractivity contribution in [3.8, 4) is 5.75 Å². The number of carbonyl (C=O) groups is 1. The van der Waals surface area contributed by atoms with E-state index in [9.17, 15) is 18.3 Å². The van der Waals surface area contributed by atoms with E-state index in [-0.39, 0.29) is 41.9 Å². The van der Waals surface area contributed by atoms with Gasteiger partial charge in [-0.05, 0) is 76.1 Å². The summed E-state index contributed by atoms with van der Waals surface area (Å²) in [4.78, 5) is 17.9. The molecule has 12 heteroatoms. The van der Waals surface area contributed by atoms with Gasteiger partial charge in [-0.1, -0.05) is 36.2 Å². The molecular formula is C30H43Cl2N3O6S. The van der Waals surface area contributed by atoms with Crippen LogP contribution in [0.5, 0.6) is 5.75 Å². The molecule has 3 rings (SSSR count). The number of anilines is 1. The Kier molecular flexibility index (Phi) is 12.8. The Morgan fingerprint density at radius 3 is 2.55 bits per heavy atom. The number of fused-ring (bicyclic) bond motifs is 1. The van der Waals surface area contributed by atoms with Gasteiger partial charge in [0.05, 0.1) is 46.7 Å². The fraction of sp³-hybridized carbons (Fsp3) is 0.567. The lowest BCUT2D eigenvalue weighted by atomic mass is 10.0. The van der Waals surface area contributed by atoms with E-state index in [1.54, 1.807) is 30.0 Å². The highest BCUT2D eigenvalue weighted by Gasteiger charge is 2.30. The number of ether oxygens (including phenoxy) is 2. The summed E-state index contributed by atoms with van der Waals surface area (Å²) in [6.45, 7) is 7.65. The van der Waals surface area contributed by atoms with Crippen LogP contribution in [-0.4, -0.2) is 87.1 Å². The van der Waals surface area contributed by atoms with Crippen molar-refractivity contribution in [1.29, 1.82) is 0 Å². The first kappa shape index (κ1) is 34.4. The van der Waals surface area contributed by atoms with Crippen molar-refractivity contribution in [2.45, 2.75) is 64.8 Å². The van der Waals surface area contributed by atoms with Gasteiger partial charge in [0.25, 0.3) is 5.91 Å². The summed E-state index contributed by atoms with van der Waals surface area (Å²) in [5, 5.41) is 11.1. The minimum Gasteiger partial charge on any atom is -0.490 e. The molecule has 1 amide bonds. The zero-order valence-corrected chi connectivity index (χ0v) is 27.3. The zero-order chi connectivity index (χ0) is 31.0. The molecule has 0 aliphatic carbocycles. The average Bonchev–Trinajstić information content (AvgIpc) is 2.91. The van der Waals surface area contributed by atoms with Crippen LogP contribution in [0.25, 0.3) is 0 Å². The number of halogens is 2. The number of hydrogen-bond donors (Lipinski definition) is 2. The number of aliphatic hydroxyl groups excluding tert-OH is 1. The Morgan fingerprint density at radius 1 is 1.14 bits per heavy atom. The lowest BCUT2D eigenvalue weighted by Gasteiger charge is -2.36.